The molecule has 0 radical (unpaired) electrons. The summed E-state index contributed by atoms with van der Waals surface area (Å²) in [6.07, 6.45) is 5.50. The van der Waals surface area contributed by atoms with Crippen LogP contribution >= 0.6 is 0 Å². The molecule has 0 saturated carbocycles. The summed E-state index contributed by atoms with van der Waals surface area (Å²) < 4.78 is 1.95. The number of aryl methyl sites for hydroxylation is 1. The van der Waals surface area contributed by atoms with Crippen LogP contribution in [0.1, 0.15) is 5.69 Å². The van der Waals surface area contributed by atoms with Crippen LogP contribution in [-0.2, 0) is 0 Å². The van der Waals surface area contributed by atoms with E-state index in [1.165, 1.54) is 5.39 Å². The van der Waals surface area contributed by atoms with Gasteiger partial charge >= 0.3 is 0 Å². The number of pyridine rings is 1. The Bertz CT molecular complexity index is 635. The van der Waals surface area contributed by atoms with E-state index < -0.39 is 0 Å². The number of nitrogens with zero attached hydrogens (tertiary/aromatic N) is 3. The van der Waals surface area contributed by atoms with E-state index in [9.17, 15) is 0 Å². The summed E-state index contributed by atoms with van der Waals surface area (Å²) in [4.78, 5) is 4.13. The average molecular weight is 209 g/mol. The lowest BCUT2D eigenvalue weighted by Crippen LogP contribution is -1.99. The van der Waals surface area contributed by atoms with Crippen LogP contribution in [0.2, 0.25) is 0 Å². The summed E-state index contributed by atoms with van der Waals surface area (Å²) >= 11 is 0. The zero-order valence-electron chi connectivity index (χ0n) is 8.96. The van der Waals surface area contributed by atoms with E-state index in [0.29, 0.717) is 0 Å². The van der Waals surface area contributed by atoms with Crippen molar-refractivity contribution < 1.29 is 0 Å². The predicted molar refractivity (Wildman–Crippen MR) is 63.6 cm³/mol. The molecule has 0 atom stereocenters. The molecule has 2 heterocycles. The van der Waals surface area contributed by atoms with Crippen LogP contribution in [0, 0.1) is 6.92 Å². The Hall–Kier alpha value is -2.16. The second-order valence-corrected chi connectivity index (χ2v) is 3.76. The third-order valence-corrected chi connectivity index (χ3v) is 2.72. The van der Waals surface area contributed by atoms with Crippen molar-refractivity contribution in [3.8, 4) is 5.69 Å². The largest absolute Gasteiger partial charge is 0.264 e. The maximum absolute atomic E-state index is 4.33. The molecule has 0 unspecified atom stereocenters. The van der Waals surface area contributed by atoms with Crippen LogP contribution < -0.4 is 0 Å². The van der Waals surface area contributed by atoms with Crippen LogP contribution in [0.4, 0.5) is 0 Å². The van der Waals surface area contributed by atoms with Crippen LogP contribution in [0.5, 0.6) is 0 Å². The molecule has 0 aliphatic carbocycles. The molecule has 3 heteroatoms. The van der Waals surface area contributed by atoms with E-state index in [0.717, 1.165) is 16.8 Å². The van der Waals surface area contributed by atoms with Gasteiger partial charge in [-0.1, -0.05) is 12.1 Å². The van der Waals surface area contributed by atoms with E-state index in [1.807, 2.05) is 48.4 Å². The Balaban J connectivity index is 2.36. The van der Waals surface area contributed by atoms with Crippen molar-refractivity contribution in [2.75, 3.05) is 0 Å². The van der Waals surface area contributed by atoms with Gasteiger partial charge in [0.25, 0.3) is 0 Å². The third kappa shape index (κ3) is 1.29. The smallest absolute Gasteiger partial charge is 0.0728 e. The third-order valence-electron chi connectivity index (χ3n) is 2.72. The highest BCUT2D eigenvalue weighted by Crippen LogP contribution is 2.21. The highest BCUT2D eigenvalue weighted by Gasteiger charge is 2.04. The van der Waals surface area contributed by atoms with Gasteiger partial charge in [-0.15, -0.1) is 0 Å². The molecule has 0 saturated heterocycles. The number of fused-ring (bicyclic) bond motifs is 1. The highest BCUT2D eigenvalue weighted by molar-refractivity contribution is 5.89. The lowest BCUT2D eigenvalue weighted by Gasteiger charge is -2.07. The highest BCUT2D eigenvalue weighted by atomic mass is 15.3. The van der Waals surface area contributed by atoms with Gasteiger partial charge in [-0.05, 0) is 25.1 Å². The van der Waals surface area contributed by atoms with E-state index >= 15 is 0 Å². The molecule has 0 amide bonds. The first-order valence-electron chi connectivity index (χ1n) is 5.20. The van der Waals surface area contributed by atoms with Crippen molar-refractivity contribution in [2.24, 2.45) is 0 Å². The minimum absolute atomic E-state index is 1.10. The fourth-order valence-electron chi connectivity index (χ4n) is 1.91. The van der Waals surface area contributed by atoms with Crippen molar-refractivity contribution in [1.82, 2.24) is 14.8 Å². The zero-order valence-corrected chi connectivity index (χ0v) is 8.96. The van der Waals surface area contributed by atoms with Gasteiger partial charge in [0.05, 0.1) is 5.69 Å². The number of aromatic nitrogens is 3. The average Bonchev–Trinajstić information content (AvgIpc) is 2.75. The molecule has 0 aliphatic rings. The van der Waals surface area contributed by atoms with Gasteiger partial charge in [-0.25, -0.2) is 4.68 Å². The molecule has 0 spiro atoms. The molecular weight excluding hydrogens is 198 g/mol. The number of hydrogen-bond acceptors (Lipinski definition) is 2. The molecule has 78 valence electrons. The molecule has 2 aromatic heterocycles. The number of hydrogen-bond donors (Lipinski definition) is 0. The maximum atomic E-state index is 4.33. The van der Waals surface area contributed by atoms with Crippen LogP contribution in [0.15, 0.2) is 48.9 Å². The van der Waals surface area contributed by atoms with E-state index in [-0.39, 0.29) is 0 Å². The van der Waals surface area contributed by atoms with E-state index in [1.54, 1.807) is 0 Å². The Morgan fingerprint density at radius 2 is 2.00 bits per heavy atom. The lowest BCUT2D eigenvalue weighted by atomic mass is 10.1. The van der Waals surface area contributed by atoms with Gasteiger partial charge in [0.2, 0.25) is 0 Å². The molecule has 16 heavy (non-hydrogen) atoms. The van der Waals surface area contributed by atoms with Crippen LogP contribution in [0.3, 0.4) is 0 Å². The Morgan fingerprint density at radius 1 is 1.06 bits per heavy atom. The minimum Gasteiger partial charge on any atom is -0.264 e. The summed E-state index contributed by atoms with van der Waals surface area (Å²) in [6, 6.07) is 10.2. The normalized spacial score (nSPS) is 10.8. The van der Waals surface area contributed by atoms with Gasteiger partial charge < -0.3 is 0 Å². The first-order chi connectivity index (χ1) is 7.86. The summed E-state index contributed by atoms with van der Waals surface area (Å²) in [6.45, 7) is 2.05. The maximum Gasteiger partial charge on any atom is 0.0728 e. The fourth-order valence-corrected chi connectivity index (χ4v) is 1.91. The SMILES string of the molecule is Cc1ccnn1-c1cccc2cnccc12. The Morgan fingerprint density at radius 3 is 2.81 bits per heavy atom. The van der Waals surface area contributed by atoms with Gasteiger partial charge in [0.15, 0.2) is 0 Å². The predicted octanol–water partition coefficient (Wildman–Crippen LogP) is 2.73. The van der Waals surface area contributed by atoms with Gasteiger partial charge in [0, 0.05) is 35.1 Å². The molecule has 0 bridgehead atoms. The monoisotopic (exact) mass is 209 g/mol. The Labute approximate surface area is 93.4 Å². The van der Waals surface area contributed by atoms with Crippen molar-refractivity contribution in [3.63, 3.8) is 0 Å². The second kappa shape index (κ2) is 3.45. The van der Waals surface area contributed by atoms with Gasteiger partial charge in [0.1, 0.15) is 0 Å². The summed E-state index contributed by atoms with van der Waals surface area (Å²) in [5.74, 6) is 0. The molecule has 0 N–H and O–H groups in total. The standard InChI is InChI=1S/C13H11N3/c1-10-5-8-15-16(10)13-4-2-3-11-9-14-7-6-12(11)13/h2-9H,1H3. The summed E-state index contributed by atoms with van der Waals surface area (Å²) in [5, 5.41) is 6.64. The zero-order chi connectivity index (χ0) is 11.0. The molecule has 1 aromatic carbocycles. The van der Waals surface area contributed by atoms with Crippen molar-refractivity contribution in [1.29, 1.82) is 0 Å². The minimum atomic E-state index is 1.10. The first kappa shape index (κ1) is 9.09. The van der Waals surface area contributed by atoms with Crippen molar-refractivity contribution >= 4 is 10.8 Å². The second-order valence-electron chi connectivity index (χ2n) is 3.76. The lowest BCUT2D eigenvalue weighted by molar-refractivity contribution is 0.853. The van der Waals surface area contributed by atoms with Crippen LogP contribution in [0.25, 0.3) is 16.5 Å². The van der Waals surface area contributed by atoms with E-state index in [4.69, 9.17) is 0 Å². The van der Waals surface area contributed by atoms with Gasteiger partial charge in [-0.3, -0.25) is 4.98 Å². The fraction of sp³-hybridized carbons (Fsp3) is 0.0769. The van der Waals surface area contributed by atoms with Crippen molar-refractivity contribution in [3.05, 3.63) is 54.6 Å². The van der Waals surface area contributed by atoms with Crippen molar-refractivity contribution in [2.45, 2.75) is 6.92 Å². The van der Waals surface area contributed by atoms with E-state index in [2.05, 4.69) is 22.2 Å². The topological polar surface area (TPSA) is 30.7 Å². The summed E-state index contributed by atoms with van der Waals surface area (Å²) in [7, 11) is 0. The quantitative estimate of drug-likeness (QED) is 0.617. The number of benzene rings is 1. The molecular formula is C13H11N3. The van der Waals surface area contributed by atoms with Crippen LogP contribution in [-0.4, -0.2) is 14.8 Å². The Kier molecular flexibility index (Phi) is 1.96. The number of rotatable bonds is 1. The first-order valence-corrected chi connectivity index (χ1v) is 5.20. The van der Waals surface area contributed by atoms with Gasteiger partial charge in [-0.2, -0.15) is 5.10 Å². The molecule has 3 rings (SSSR count). The summed E-state index contributed by atoms with van der Waals surface area (Å²) in [5.41, 5.74) is 2.23. The molecule has 3 aromatic rings. The molecule has 0 fully saturated rings. The molecule has 0 aliphatic heterocycles. The molecule has 3 nitrogen and oxygen atoms in total.